The van der Waals surface area contributed by atoms with E-state index < -0.39 is 0 Å². The van der Waals surface area contributed by atoms with E-state index in [2.05, 4.69) is 18.0 Å². The normalized spacial score (nSPS) is 17.4. The van der Waals surface area contributed by atoms with E-state index in [4.69, 9.17) is 0 Å². The number of allylic oxidation sites excluding steroid dienone is 3. The molecule has 1 saturated heterocycles. The van der Waals surface area contributed by atoms with Gasteiger partial charge in [0.05, 0.1) is 5.75 Å². The van der Waals surface area contributed by atoms with Crippen LogP contribution in [0.4, 0.5) is 0 Å². The number of likely N-dealkylation sites (tertiary alicyclic amines) is 1. The van der Waals surface area contributed by atoms with Crippen LogP contribution in [0.1, 0.15) is 26.2 Å². The van der Waals surface area contributed by atoms with Crippen LogP contribution in [0.5, 0.6) is 0 Å². The molecule has 0 amide bonds. The zero-order valence-electron chi connectivity index (χ0n) is 10.2. The second-order valence-corrected chi connectivity index (χ2v) is 4.90. The molecule has 0 atom stereocenters. The largest absolute Gasteiger partial charge is 0.377 e. The maximum Gasteiger partial charge on any atom is 0.165 e. The van der Waals surface area contributed by atoms with Crippen LogP contribution in [0.2, 0.25) is 0 Å². The minimum absolute atomic E-state index is 0.202. The molecule has 3 heteroatoms. The first kappa shape index (κ1) is 13.4. The molecule has 0 bridgehead atoms. The number of hydrogen-bond donors (Lipinski definition) is 0. The third-order valence-electron chi connectivity index (χ3n) is 2.67. The average molecular weight is 239 g/mol. The van der Waals surface area contributed by atoms with Gasteiger partial charge in [0.2, 0.25) is 0 Å². The lowest BCUT2D eigenvalue weighted by molar-refractivity contribution is -0.112. The Hall–Kier alpha value is -0.700. The summed E-state index contributed by atoms with van der Waals surface area (Å²) in [4.78, 5) is 13.7. The van der Waals surface area contributed by atoms with E-state index in [-0.39, 0.29) is 5.78 Å². The summed E-state index contributed by atoms with van der Waals surface area (Å²) >= 11 is 1.57. The second kappa shape index (κ2) is 7.55. The molecule has 0 aromatic rings. The number of hydrogen-bond acceptors (Lipinski definition) is 3. The van der Waals surface area contributed by atoms with E-state index >= 15 is 0 Å². The van der Waals surface area contributed by atoms with Gasteiger partial charge >= 0.3 is 0 Å². The Kier molecular flexibility index (Phi) is 6.31. The highest BCUT2D eigenvalue weighted by Gasteiger charge is 2.07. The first-order valence-corrected chi connectivity index (χ1v) is 7.30. The molecule has 0 N–H and O–H groups in total. The Labute approximate surface area is 103 Å². The molecule has 1 aliphatic heterocycles. The van der Waals surface area contributed by atoms with Gasteiger partial charge in [0, 0.05) is 19.3 Å². The van der Waals surface area contributed by atoms with Crippen LogP contribution in [0.15, 0.2) is 23.9 Å². The van der Waals surface area contributed by atoms with Crippen molar-refractivity contribution in [3.63, 3.8) is 0 Å². The van der Waals surface area contributed by atoms with Crippen molar-refractivity contribution in [2.24, 2.45) is 0 Å². The third kappa shape index (κ3) is 4.88. The van der Waals surface area contributed by atoms with Gasteiger partial charge < -0.3 is 4.90 Å². The maximum absolute atomic E-state index is 11.4. The Morgan fingerprint density at radius 1 is 1.31 bits per heavy atom. The molecule has 2 nitrogen and oxygen atoms in total. The molecule has 16 heavy (non-hydrogen) atoms. The van der Waals surface area contributed by atoms with Crippen LogP contribution in [0, 0.1) is 0 Å². The number of carbonyl (C=O) groups excluding carboxylic acids is 1. The molecule has 0 aromatic carbocycles. The van der Waals surface area contributed by atoms with Crippen molar-refractivity contribution >= 4 is 17.5 Å². The third-order valence-corrected chi connectivity index (χ3v) is 3.24. The highest BCUT2D eigenvalue weighted by atomic mass is 32.2. The summed E-state index contributed by atoms with van der Waals surface area (Å²) in [5.41, 5.74) is 1.25. The molecule has 1 rings (SSSR count). The standard InChI is InChI=1S/C13H21NOS/c1-3-12(6-7-13(15)11-16-2)10-14-8-4-5-9-14/h6-7,10H,3-5,8-9,11H2,1-2H3. The summed E-state index contributed by atoms with van der Waals surface area (Å²) in [5, 5.41) is 0. The van der Waals surface area contributed by atoms with Gasteiger partial charge in [0.25, 0.3) is 0 Å². The van der Waals surface area contributed by atoms with Crippen molar-refractivity contribution < 1.29 is 4.79 Å². The Balaban J connectivity index is 2.49. The molecule has 0 radical (unpaired) electrons. The molecule has 0 aromatic heterocycles. The lowest BCUT2D eigenvalue weighted by Gasteiger charge is -2.12. The van der Waals surface area contributed by atoms with Gasteiger partial charge in [-0.3, -0.25) is 4.79 Å². The summed E-state index contributed by atoms with van der Waals surface area (Å²) in [6.45, 7) is 4.46. The molecule has 1 fully saturated rings. The topological polar surface area (TPSA) is 20.3 Å². The minimum atomic E-state index is 0.202. The van der Waals surface area contributed by atoms with Crippen LogP contribution in [-0.2, 0) is 4.79 Å². The van der Waals surface area contributed by atoms with Crippen molar-refractivity contribution in [3.8, 4) is 0 Å². The van der Waals surface area contributed by atoms with Gasteiger partial charge in [0.15, 0.2) is 5.78 Å². The molecule has 90 valence electrons. The molecule has 0 spiro atoms. The zero-order chi connectivity index (χ0) is 11.8. The summed E-state index contributed by atoms with van der Waals surface area (Å²) in [6.07, 6.45) is 11.4. The summed E-state index contributed by atoms with van der Waals surface area (Å²) in [7, 11) is 0. The minimum Gasteiger partial charge on any atom is -0.377 e. The monoisotopic (exact) mass is 239 g/mol. The van der Waals surface area contributed by atoms with Crippen molar-refractivity contribution in [2.45, 2.75) is 26.2 Å². The molecule has 1 heterocycles. The highest BCUT2D eigenvalue weighted by molar-refractivity contribution is 7.99. The number of ketones is 1. The zero-order valence-corrected chi connectivity index (χ0v) is 11.1. The van der Waals surface area contributed by atoms with E-state index in [1.807, 2.05) is 12.3 Å². The lowest BCUT2D eigenvalue weighted by atomic mass is 10.2. The number of thioether (sulfide) groups is 1. The van der Waals surface area contributed by atoms with Crippen LogP contribution < -0.4 is 0 Å². The SMILES string of the molecule is CCC(C=CC(=O)CSC)=CN1CCCC1. The summed E-state index contributed by atoms with van der Waals surface area (Å²) < 4.78 is 0. The average Bonchev–Trinajstić information content (AvgIpc) is 2.77. The fraction of sp³-hybridized carbons (Fsp3) is 0.615. The van der Waals surface area contributed by atoms with Crippen LogP contribution in [0.25, 0.3) is 0 Å². The molecule has 0 saturated carbocycles. The molecular formula is C13H21NOS. The van der Waals surface area contributed by atoms with E-state index in [0.29, 0.717) is 5.75 Å². The van der Waals surface area contributed by atoms with Crippen LogP contribution in [0.3, 0.4) is 0 Å². The number of carbonyl (C=O) groups is 1. The van der Waals surface area contributed by atoms with E-state index in [1.54, 1.807) is 17.8 Å². The fourth-order valence-corrected chi connectivity index (χ4v) is 2.13. The van der Waals surface area contributed by atoms with Gasteiger partial charge in [-0.25, -0.2) is 0 Å². The lowest BCUT2D eigenvalue weighted by Crippen LogP contribution is -2.11. The molecular weight excluding hydrogens is 218 g/mol. The van der Waals surface area contributed by atoms with Gasteiger partial charge in [-0.15, -0.1) is 0 Å². The van der Waals surface area contributed by atoms with Crippen molar-refractivity contribution in [1.29, 1.82) is 0 Å². The van der Waals surface area contributed by atoms with Gasteiger partial charge in [-0.05, 0) is 37.2 Å². The molecule has 0 unspecified atom stereocenters. The van der Waals surface area contributed by atoms with E-state index in [0.717, 1.165) is 19.5 Å². The summed E-state index contributed by atoms with van der Waals surface area (Å²) in [6, 6.07) is 0. The molecule has 1 aliphatic rings. The number of nitrogens with zero attached hydrogens (tertiary/aromatic N) is 1. The van der Waals surface area contributed by atoms with Crippen LogP contribution in [-0.4, -0.2) is 35.8 Å². The predicted molar refractivity (Wildman–Crippen MR) is 71.7 cm³/mol. The van der Waals surface area contributed by atoms with Crippen molar-refractivity contribution in [1.82, 2.24) is 4.90 Å². The van der Waals surface area contributed by atoms with Crippen LogP contribution >= 0.6 is 11.8 Å². The Bertz CT molecular complexity index is 278. The second-order valence-electron chi connectivity index (χ2n) is 4.03. The van der Waals surface area contributed by atoms with Gasteiger partial charge in [0.1, 0.15) is 0 Å². The smallest absolute Gasteiger partial charge is 0.165 e. The fourth-order valence-electron chi connectivity index (χ4n) is 1.75. The van der Waals surface area contributed by atoms with E-state index in [9.17, 15) is 4.79 Å². The Morgan fingerprint density at radius 2 is 2.00 bits per heavy atom. The molecule has 0 aliphatic carbocycles. The number of rotatable bonds is 6. The first-order valence-electron chi connectivity index (χ1n) is 5.91. The maximum atomic E-state index is 11.4. The highest BCUT2D eigenvalue weighted by Crippen LogP contribution is 2.12. The van der Waals surface area contributed by atoms with Gasteiger partial charge in [-0.2, -0.15) is 11.8 Å². The predicted octanol–water partition coefficient (Wildman–Crippen LogP) is 2.86. The quantitative estimate of drug-likeness (QED) is 0.525. The Morgan fingerprint density at radius 3 is 2.56 bits per heavy atom. The summed E-state index contributed by atoms with van der Waals surface area (Å²) in [5.74, 6) is 0.783. The van der Waals surface area contributed by atoms with Gasteiger partial charge in [-0.1, -0.05) is 13.0 Å². The first-order chi connectivity index (χ1) is 7.76. The van der Waals surface area contributed by atoms with Crippen molar-refractivity contribution in [3.05, 3.63) is 23.9 Å². The van der Waals surface area contributed by atoms with Crippen molar-refractivity contribution in [2.75, 3.05) is 25.1 Å². The van der Waals surface area contributed by atoms with E-state index in [1.165, 1.54) is 18.4 Å².